The Kier molecular flexibility index (Phi) is 10.1. The first-order valence-electron chi connectivity index (χ1n) is 17.3. The maximum Gasteiger partial charge on any atom is 0.331 e. The Morgan fingerprint density at radius 2 is 1.17 bits per heavy atom. The SMILES string of the molecule is CC1CCC(C(C)C)C(OC(=O)C2C(C(=O)c3ccccc3)N(C(c3ccccc3)c3ccccc3)C(=O)N2C(C)c2ccccc2)C1. The van der Waals surface area contributed by atoms with Crippen LogP contribution in [0, 0.1) is 17.8 Å². The van der Waals surface area contributed by atoms with Crippen LogP contribution in [-0.4, -0.2) is 45.8 Å². The van der Waals surface area contributed by atoms with Gasteiger partial charge >= 0.3 is 12.0 Å². The van der Waals surface area contributed by atoms with Gasteiger partial charge in [-0.15, -0.1) is 0 Å². The van der Waals surface area contributed by atoms with Crippen molar-refractivity contribution in [2.75, 3.05) is 0 Å². The number of Topliss-reactive ketones (excluding diaryl/α,β-unsaturated/α-hetero) is 1. The second kappa shape index (κ2) is 14.6. The Balaban J connectivity index is 1.53. The van der Waals surface area contributed by atoms with E-state index in [0.29, 0.717) is 17.4 Å². The quantitative estimate of drug-likeness (QED) is 0.128. The van der Waals surface area contributed by atoms with Crippen molar-refractivity contribution in [2.24, 2.45) is 17.8 Å². The fourth-order valence-electron chi connectivity index (χ4n) is 7.78. The average Bonchev–Trinajstić information content (AvgIpc) is 3.41. The minimum absolute atomic E-state index is 0.211. The zero-order chi connectivity index (χ0) is 33.8. The second-order valence-electron chi connectivity index (χ2n) is 13.8. The molecule has 0 bridgehead atoms. The van der Waals surface area contributed by atoms with Crippen molar-refractivity contribution in [1.82, 2.24) is 9.80 Å². The highest BCUT2D eigenvalue weighted by molar-refractivity contribution is 6.08. The summed E-state index contributed by atoms with van der Waals surface area (Å²) in [7, 11) is 0. The lowest BCUT2D eigenvalue weighted by Gasteiger charge is -2.38. The average molecular weight is 643 g/mol. The van der Waals surface area contributed by atoms with E-state index in [1.807, 2.05) is 116 Å². The maximum atomic E-state index is 15.2. The summed E-state index contributed by atoms with van der Waals surface area (Å²) in [4.78, 5) is 48.2. The molecule has 0 radical (unpaired) electrons. The summed E-state index contributed by atoms with van der Waals surface area (Å²) in [6.45, 7) is 8.49. The zero-order valence-electron chi connectivity index (χ0n) is 28.3. The van der Waals surface area contributed by atoms with Crippen molar-refractivity contribution >= 4 is 17.8 Å². The summed E-state index contributed by atoms with van der Waals surface area (Å²) in [6.07, 6.45) is 2.55. The molecule has 1 heterocycles. The molecule has 48 heavy (non-hydrogen) atoms. The van der Waals surface area contributed by atoms with E-state index in [1.54, 1.807) is 21.9 Å². The monoisotopic (exact) mass is 642 g/mol. The highest BCUT2D eigenvalue weighted by atomic mass is 16.5. The Labute approximate surface area is 284 Å². The van der Waals surface area contributed by atoms with Gasteiger partial charge in [-0.25, -0.2) is 9.59 Å². The molecular formula is C42H46N2O4. The zero-order valence-corrected chi connectivity index (χ0v) is 28.3. The third-order valence-electron chi connectivity index (χ3n) is 10.3. The third kappa shape index (κ3) is 6.66. The largest absolute Gasteiger partial charge is 0.460 e. The number of nitrogens with zero attached hydrogens (tertiary/aromatic N) is 2. The van der Waals surface area contributed by atoms with E-state index >= 15 is 4.79 Å². The van der Waals surface area contributed by atoms with Crippen LogP contribution in [0.25, 0.3) is 0 Å². The molecule has 2 fully saturated rings. The van der Waals surface area contributed by atoms with E-state index < -0.39 is 30.1 Å². The number of hydrogen-bond acceptors (Lipinski definition) is 4. The van der Waals surface area contributed by atoms with Crippen LogP contribution in [0.4, 0.5) is 4.79 Å². The number of ketones is 1. The molecule has 6 heteroatoms. The standard InChI is InChI=1S/C42H46N2O4/c1-28(2)35-26-25-29(3)27-36(35)48-41(46)39-38(40(45)34-23-15-8-16-24-34)44(42(47)43(39)30(4)31-17-9-5-10-18-31)37(32-19-11-6-12-20-32)33-21-13-7-14-22-33/h5-24,28-30,35-39H,25-27H2,1-4H3. The van der Waals surface area contributed by atoms with Crippen molar-refractivity contribution < 1.29 is 19.1 Å². The minimum atomic E-state index is -1.17. The van der Waals surface area contributed by atoms with Gasteiger partial charge in [0.05, 0.1) is 12.1 Å². The highest BCUT2D eigenvalue weighted by Gasteiger charge is 2.58. The molecule has 0 aromatic heterocycles. The van der Waals surface area contributed by atoms with Crippen LogP contribution < -0.4 is 0 Å². The number of hydrogen-bond donors (Lipinski definition) is 0. The summed E-state index contributed by atoms with van der Waals surface area (Å²) in [5.41, 5.74) is 3.02. The van der Waals surface area contributed by atoms with Gasteiger partial charge in [-0.2, -0.15) is 0 Å². The first-order chi connectivity index (χ1) is 23.3. The minimum Gasteiger partial charge on any atom is -0.460 e. The van der Waals surface area contributed by atoms with Crippen LogP contribution in [-0.2, 0) is 9.53 Å². The molecule has 1 aliphatic heterocycles. The number of carbonyl (C=O) groups excluding carboxylic acids is 3. The van der Waals surface area contributed by atoms with Crippen LogP contribution >= 0.6 is 0 Å². The molecule has 1 saturated carbocycles. The third-order valence-corrected chi connectivity index (χ3v) is 10.3. The fourth-order valence-corrected chi connectivity index (χ4v) is 7.78. The number of ether oxygens (including phenoxy) is 1. The van der Waals surface area contributed by atoms with E-state index in [1.165, 1.54) is 0 Å². The number of amides is 2. The first-order valence-corrected chi connectivity index (χ1v) is 17.3. The number of benzene rings is 4. The van der Waals surface area contributed by atoms with Gasteiger partial charge in [-0.05, 0) is 54.2 Å². The molecule has 6 nitrogen and oxygen atoms in total. The summed E-state index contributed by atoms with van der Waals surface area (Å²) >= 11 is 0. The van der Waals surface area contributed by atoms with Crippen molar-refractivity contribution in [3.63, 3.8) is 0 Å². The first kappa shape index (κ1) is 33.2. The molecule has 2 amide bonds. The topological polar surface area (TPSA) is 66.9 Å². The second-order valence-corrected chi connectivity index (χ2v) is 13.8. The molecule has 6 unspecified atom stereocenters. The lowest BCUT2D eigenvalue weighted by Crippen LogP contribution is -2.51. The van der Waals surface area contributed by atoms with Crippen molar-refractivity contribution in [1.29, 1.82) is 0 Å². The van der Waals surface area contributed by atoms with Gasteiger partial charge in [-0.1, -0.05) is 149 Å². The number of esters is 1. The molecule has 4 aromatic carbocycles. The number of rotatable bonds is 10. The predicted octanol–water partition coefficient (Wildman–Crippen LogP) is 8.90. The Morgan fingerprint density at radius 3 is 1.69 bits per heavy atom. The number of carbonyl (C=O) groups is 3. The molecule has 2 aliphatic rings. The Hall–Kier alpha value is -4.71. The van der Waals surface area contributed by atoms with Crippen LogP contribution in [0.2, 0.25) is 0 Å². The number of urea groups is 1. The van der Waals surface area contributed by atoms with Crippen molar-refractivity contribution in [2.45, 2.75) is 77.2 Å². The van der Waals surface area contributed by atoms with Crippen molar-refractivity contribution in [3.8, 4) is 0 Å². The highest BCUT2D eigenvalue weighted by Crippen LogP contribution is 2.43. The van der Waals surface area contributed by atoms with Crippen LogP contribution in [0.5, 0.6) is 0 Å². The van der Waals surface area contributed by atoms with Crippen LogP contribution in [0.1, 0.15) is 86.1 Å². The van der Waals surface area contributed by atoms with E-state index in [9.17, 15) is 9.59 Å². The summed E-state index contributed by atoms with van der Waals surface area (Å²) in [5, 5.41) is 0. The molecule has 6 rings (SSSR count). The van der Waals surface area contributed by atoms with Gasteiger partial charge in [0, 0.05) is 5.56 Å². The Morgan fingerprint density at radius 1 is 0.667 bits per heavy atom. The normalized spacial score (nSPS) is 23.4. The maximum absolute atomic E-state index is 15.2. The molecule has 1 aliphatic carbocycles. The van der Waals surface area contributed by atoms with Gasteiger partial charge in [0.2, 0.25) is 0 Å². The lowest BCUT2D eigenvalue weighted by atomic mass is 9.75. The van der Waals surface area contributed by atoms with Gasteiger partial charge < -0.3 is 14.5 Å². The molecular weight excluding hydrogens is 596 g/mol. The molecule has 0 spiro atoms. The molecule has 4 aromatic rings. The summed E-state index contributed by atoms with van der Waals surface area (Å²) in [5.74, 6) is 0.151. The molecule has 0 N–H and O–H groups in total. The Bertz CT molecular complexity index is 1640. The van der Waals surface area contributed by atoms with Gasteiger partial charge in [0.15, 0.2) is 11.8 Å². The van der Waals surface area contributed by atoms with Gasteiger partial charge in [-0.3, -0.25) is 4.79 Å². The molecule has 1 saturated heterocycles. The molecule has 6 atom stereocenters. The smallest absolute Gasteiger partial charge is 0.331 e. The van der Waals surface area contributed by atoms with E-state index in [-0.39, 0.29) is 23.8 Å². The van der Waals surface area contributed by atoms with Crippen molar-refractivity contribution in [3.05, 3.63) is 144 Å². The van der Waals surface area contributed by atoms with E-state index in [0.717, 1.165) is 36.0 Å². The van der Waals surface area contributed by atoms with Crippen LogP contribution in [0.3, 0.4) is 0 Å². The van der Waals surface area contributed by atoms with Gasteiger partial charge in [0.1, 0.15) is 12.1 Å². The predicted molar refractivity (Wildman–Crippen MR) is 188 cm³/mol. The van der Waals surface area contributed by atoms with Gasteiger partial charge in [0.25, 0.3) is 0 Å². The van der Waals surface area contributed by atoms with E-state index in [4.69, 9.17) is 4.74 Å². The summed E-state index contributed by atoms with van der Waals surface area (Å²) < 4.78 is 6.53. The summed E-state index contributed by atoms with van der Waals surface area (Å²) in [6, 6.07) is 34.4. The lowest BCUT2D eigenvalue weighted by molar-refractivity contribution is -0.161. The fraction of sp³-hybridized carbons (Fsp3) is 0.357. The molecule has 248 valence electrons. The van der Waals surface area contributed by atoms with E-state index in [2.05, 4.69) is 20.8 Å². The van der Waals surface area contributed by atoms with Crippen LogP contribution in [0.15, 0.2) is 121 Å².